The quantitative estimate of drug-likeness (QED) is 0.315. The molecular weight excluding hydrogens is 482 g/mol. The van der Waals surface area contributed by atoms with Gasteiger partial charge in [0.1, 0.15) is 17.3 Å². The first kappa shape index (κ1) is 25.0. The minimum absolute atomic E-state index is 0.0614. The summed E-state index contributed by atoms with van der Waals surface area (Å²) in [6.07, 6.45) is 2.14. The van der Waals surface area contributed by atoms with Crippen molar-refractivity contribution >= 4 is 34.4 Å². The lowest BCUT2D eigenvalue weighted by atomic mass is 10.0. The van der Waals surface area contributed by atoms with E-state index in [2.05, 4.69) is 45.9 Å². The van der Waals surface area contributed by atoms with Gasteiger partial charge < -0.3 is 25.0 Å². The highest BCUT2D eigenvalue weighted by Gasteiger charge is 2.30. The highest BCUT2D eigenvalue weighted by molar-refractivity contribution is 8.00. The van der Waals surface area contributed by atoms with Crippen molar-refractivity contribution in [3.63, 3.8) is 0 Å². The fourth-order valence-electron chi connectivity index (χ4n) is 4.96. The molecule has 2 aromatic carbocycles. The normalized spacial score (nSPS) is 19.0. The van der Waals surface area contributed by atoms with Crippen LogP contribution in [0, 0.1) is 11.6 Å². The second-order valence-electron chi connectivity index (χ2n) is 9.86. The van der Waals surface area contributed by atoms with E-state index in [0.29, 0.717) is 17.3 Å². The molecule has 3 aromatic rings. The van der Waals surface area contributed by atoms with Crippen molar-refractivity contribution in [2.75, 3.05) is 17.0 Å². The number of carbonyl (C=O) groups is 1. The van der Waals surface area contributed by atoms with E-state index in [1.54, 1.807) is 11.9 Å². The predicted octanol–water partition coefficient (Wildman–Crippen LogP) is 4.57. The van der Waals surface area contributed by atoms with Gasteiger partial charge in [-0.1, -0.05) is 24.9 Å². The van der Waals surface area contributed by atoms with E-state index in [0.717, 1.165) is 53.2 Å². The lowest BCUT2D eigenvalue weighted by molar-refractivity contribution is 0.0821. The molecule has 0 bridgehead atoms. The molecule has 36 heavy (non-hydrogen) atoms. The SMILES string of the molecule is CCc1ccc2c3c1cc(C(=O)N[C@@H](Cc1cc(F)cc(F)c1)[C@H](O)CNC1CC1)n3C(C)CSN2. The van der Waals surface area contributed by atoms with E-state index in [4.69, 9.17) is 0 Å². The smallest absolute Gasteiger partial charge is 0.268 e. The second-order valence-corrected chi connectivity index (χ2v) is 10.7. The molecule has 0 radical (unpaired) electrons. The van der Waals surface area contributed by atoms with Crippen molar-refractivity contribution in [3.05, 3.63) is 64.9 Å². The topological polar surface area (TPSA) is 78.3 Å². The van der Waals surface area contributed by atoms with Gasteiger partial charge in [0.25, 0.3) is 5.91 Å². The van der Waals surface area contributed by atoms with Crippen molar-refractivity contribution in [2.24, 2.45) is 0 Å². The number of anilines is 1. The average Bonchev–Trinajstić information content (AvgIpc) is 3.60. The third-order valence-electron chi connectivity index (χ3n) is 7.00. The van der Waals surface area contributed by atoms with Gasteiger partial charge >= 0.3 is 0 Å². The number of aliphatic hydroxyl groups excluding tert-OH is 1. The molecule has 1 fully saturated rings. The molecule has 5 rings (SSSR count). The van der Waals surface area contributed by atoms with Gasteiger partial charge in [0.2, 0.25) is 0 Å². The molecule has 2 aliphatic rings. The molecule has 1 saturated carbocycles. The van der Waals surface area contributed by atoms with Crippen molar-refractivity contribution in [3.8, 4) is 0 Å². The van der Waals surface area contributed by atoms with Crippen LogP contribution >= 0.6 is 11.9 Å². The maximum absolute atomic E-state index is 13.9. The summed E-state index contributed by atoms with van der Waals surface area (Å²) in [5, 5.41) is 18.3. The Morgan fingerprint density at radius 3 is 2.67 bits per heavy atom. The van der Waals surface area contributed by atoms with E-state index < -0.39 is 23.8 Å². The Bertz CT molecular complexity index is 1260. The maximum Gasteiger partial charge on any atom is 0.268 e. The number of aromatic nitrogens is 1. The molecule has 1 amide bonds. The number of rotatable bonds is 9. The molecule has 9 heteroatoms. The summed E-state index contributed by atoms with van der Waals surface area (Å²) in [6, 6.07) is 9.08. The minimum atomic E-state index is -0.925. The Labute approximate surface area is 214 Å². The zero-order valence-corrected chi connectivity index (χ0v) is 21.3. The molecule has 3 atom stereocenters. The largest absolute Gasteiger partial charge is 0.390 e. The summed E-state index contributed by atoms with van der Waals surface area (Å²) in [5.41, 5.74) is 4.02. The molecule has 1 aliphatic carbocycles. The van der Waals surface area contributed by atoms with Gasteiger partial charge in [0.05, 0.1) is 23.3 Å². The zero-order chi connectivity index (χ0) is 25.4. The molecule has 0 saturated heterocycles. The molecule has 4 N–H and O–H groups in total. The Morgan fingerprint density at radius 1 is 1.22 bits per heavy atom. The number of nitrogens with one attached hydrogen (secondary N) is 3. The van der Waals surface area contributed by atoms with Gasteiger partial charge in [-0.3, -0.25) is 4.79 Å². The van der Waals surface area contributed by atoms with Gasteiger partial charge in [-0.25, -0.2) is 8.78 Å². The number of hydrogen-bond donors (Lipinski definition) is 4. The monoisotopic (exact) mass is 514 g/mol. The highest BCUT2D eigenvalue weighted by Crippen LogP contribution is 2.37. The zero-order valence-electron chi connectivity index (χ0n) is 20.5. The first-order valence-electron chi connectivity index (χ1n) is 12.6. The van der Waals surface area contributed by atoms with Crippen LogP contribution in [0.2, 0.25) is 0 Å². The molecular formula is C27H32F2N4O2S. The molecule has 2 heterocycles. The van der Waals surface area contributed by atoms with Gasteiger partial charge in [-0.05, 0) is 68.0 Å². The molecule has 1 aliphatic heterocycles. The second kappa shape index (κ2) is 10.4. The van der Waals surface area contributed by atoms with Crippen LogP contribution in [0.15, 0.2) is 36.4 Å². The molecule has 0 spiro atoms. The third kappa shape index (κ3) is 5.23. The van der Waals surface area contributed by atoms with Crippen LogP contribution in [0.3, 0.4) is 0 Å². The Kier molecular flexibility index (Phi) is 7.23. The van der Waals surface area contributed by atoms with E-state index in [9.17, 15) is 18.7 Å². The summed E-state index contributed by atoms with van der Waals surface area (Å²) in [5.74, 6) is -0.902. The van der Waals surface area contributed by atoms with Gasteiger partial charge in [-0.2, -0.15) is 0 Å². The molecule has 1 unspecified atom stereocenters. The van der Waals surface area contributed by atoms with Crippen LogP contribution in [0.1, 0.15) is 54.3 Å². The summed E-state index contributed by atoms with van der Waals surface area (Å²) >= 11 is 1.61. The lowest BCUT2D eigenvalue weighted by Gasteiger charge is -2.26. The van der Waals surface area contributed by atoms with Gasteiger partial charge in [-0.15, -0.1) is 0 Å². The number of nitrogens with zero attached hydrogens (tertiary/aromatic N) is 1. The summed E-state index contributed by atoms with van der Waals surface area (Å²) in [7, 11) is 0. The van der Waals surface area contributed by atoms with Crippen LogP contribution in [-0.2, 0) is 12.8 Å². The van der Waals surface area contributed by atoms with Gasteiger partial charge in [0.15, 0.2) is 0 Å². The molecule has 192 valence electrons. The van der Waals surface area contributed by atoms with Crippen LogP contribution in [0.5, 0.6) is 0 Å². The summed E-state index contributed by atoms with van der Waals surface area (Å²) in [6.45, 7) is 4.46. The number of carbonyl (C=O) groups excluding carboxylic acids is 1. The van der Waals surface area contributed by atoms with Crippen LogP contribution in [0.4, 0.5) is 14.5 Å². The predicted molar refractivity (Wildman–Crippen MR) is 140 cm³/mol. The summed E-state index contributed by atoms with van der Waals surface area (Å²) < 4.78 is 33.2. The first-order chi connectivity index (χ1) is 17.3. The lowest BCUT2D eigenvalue weighted by Crippen LogP contribution is -2.49. The van der Waals surface area contributed by atoms with Crippen LogP contribution < -0.4 is 15.4 Å². The Morgan fingerprint density at radius 2 is 1.97 bits per heavy atom. The number of halogens is 2. The van der Waals surface area contributed by atoms with Crippen molar-refractivity contribution in [2.45, 2.75) is 63.8 Å². The fourth-order valence-corrected chi connectivity index (χ4v) is 5.75. The van der Waals surface area contributed by atoms with Crippen LogP contribution in [-0.4, -0.2) is 46.1 Å². The number of benzene rings is 2. The molecule has 1 aromatic heterocycles. The number of aryl methyl sites for hydroxylation is 1. The van der Waals surface area contributed by atoms with Gasteiger partial charge in [0, 0.05) is 35.8 Å². The van der Waals surface area contributed by atoms with Crippen molar-refractivity contribution in [1.82, 2.24) is 15.2 Å². The Balaban J connectivity index is 1.48. The van der Waals surface area contributed by atoms with E-state index in [-0.39, 0.29) is 24.9 Å². The summed E-state index contributed by atoms with van der Waals surface area (Å²) in [4.78, 5) is 13.7. The van der Waals surface area contributed by atoms with Crippen molar-refractivity contribution in [1.29, 1.82) is 0 Å². The van der Waals surface area contributed by atoms with E-state index >= 15 is 0 Å². The van der Waals surface area contributed by atoms with Crippen LogP contribution in [0.25, 0.3) is 10.9 Å². The van der Waals surface area contributed by atoms with E-state index in [1.165, 1.54) is 12.1 Å². The minimum Gasteiger partial charge on any atom is -0.390 e. The van der Waals surface area contributed by atoms with E-state index in [1.807, 2.05) is 6.07 Å². The first-order valence-corrected chi connectivity index (χ1v) is 13.5. The number of hydrogen-bond acceptors (Lipinski definition) is 5. The van der Waals surface area contributed by atoms with Crippen molar-refractivity contribution < 1.29 is 18.7 Å². The maximum atomic E-state index is 13.9. The fraction of sp³-hybridized carbons (Fsp3) is 0.444. The Hall–Kier alpha value is -2.62. The third-order valence-corrected chi connectivity index (χ3v) is 8.02. The molecule has 6 nitrogen and oxygen atoms in total. The highest BCUT2D eigenvalue weighted by atomic mass is 32.2. The number of amides is 1. The number of aliphatic hydroxyl groups is 1. The standard InChI is InChI=1S/C27H32F2N4O2S/c1-3-17-4-7-22-26-21(17)12-24(33(26)15(2)14-36-32-22)27(35)31-23(25(34)13-30-20-5-6-20)10-16-8-18(28)11-19(29)9-16/h4,7-9,11-12,15,20,23,25,30,32,34H,3,5-6,10,13-14H2,1-2H3,(H,31,35)/t15?,23-,25+/m0/s1. The average molecular weight is 515 g/mol.